The van der Waals surface area contributed by atoms with E-state index >= 15 is 0 Å². The van der Waals surface area contributed by atoms with Crippen molar-refractivity contribution in [2.75, 3.05) is 39.4 Å². The van der Waals surface area contributed by atoms with Crippen LogP contribution in [0, 0.1) is 13.8 Å². The molecule has 2 unspecified atom stereocenters. The van der Waals surface area contributed by atoms with E-state index in [-0.39, 0.29) is 0 Å². The van der Waals surface area contributed by atoms with Gasteiger partial charge in [0.15, 0.2) is 12.5 Å². The van der Waals surface area contributed by atoms with Crippen molar-refractivity contribution in [1.82, 2.24) is 29.4 Å². The zero-order chi connectivity index (χ0) is 35.9. The summed E-state index contributed by atoms with van der Waals surface area (Å²) in [5.41, 5.74) is 2.24. The van der Waals surface area contributed by atoms with E-state index in [2.05, 4.69) is 23.2 Å². The second kappa shape index (κ2) is 20.7. The molecule has 0 radical (unpaired) electrons. The van der Waals surface area contributed by atoms with E-state index in [0.717, 1.165) is 11.4 Å². The fourth-order valence-electron chi connectivity index (χ4n) is 7.56. The SMILES string of the molecule is CCN(CC)C(CCCOc1cc(C)n(C2CCCCC2)n1)OC(=O)C(=O)OC(CCCOc1cc(C)n(C2CCCCC2)n1)N(CC)CC. The van der Waals surface area contributed by atoms with Crippen LogP contribution in [0.5, 0.6) is 11.8 Å². The molecule has 0 bridgehead atoms. The lowest BCUT2D eigenvalue weighted by atomic mass is 9.95. The second-order valence-corrected chi connectivity index (χ2v) is 13.9. The van der Waals surface area contributed by atoms with Crippen LogP contribution in [-0.2, 0) is 19.1 Å². The number of aromatic nitrogens is 4. The number of nitrogens with zero attached hydrogens (tertiary/aromatic N) is 6. The smallest absolute Gasteiger partial charge is 0.419 e. The van der Waals surface area contributed by atoms with Crippen LogP contribution in [-0.4, -0.2) is 93.1 Å². The summed E-state index contributed by atoms with van der Waals surface area (Å²) in [6.45, 7) is 15.8. The zero-order valence-electron chi connectivity index (χ0n) is 31.7. The van der Waals surface area contributed by atoms with Crippen molar-refractivity contribution in [3.63, 3.8) is 0 Å². The minimum absolute atomic E-state index is 0.438. The Balaban J connectivity index is 1.25. The Morgan fingerprint density at radius 2 is 1.02 bits per heavy atom. The Morgan fingerprint density at radius 3 is 1.36 bits per heavy atom. The van der Waals surface area contributed by atoms with Crippen LogP contribution >= 0.6 is 0 Å². The normalized spacial score (nSPS) is 17.2. The molecule has 0 aromatic carbocycles. The molecule has 50 heavy (non-hydrogen) atoms. The fourth-order valence-corrected chi connectivity index (χ4v) is 7.56. The summed E-state index contributed by atoms with van der Waals surface area (Å²) >= 11 is 0. The molecule has 2 aliphatic carbocycles. The van der Waals surface area contributed by atoms with E-state index in [0.29, 0.717) is 88.9 Å². The van der Waals surface area contributed by atoms with Gasteiger partial charge >= 0.3 is 11.9 Å². The predicted octanol–water partition coefficient (Wildman–Crippen LogP) is 7.15. The topological polar surface area (TPSA) is 113 Å². The summed E-state index contributed by atoms with van der Waals surface area (Å²) in [4.78, 5) is 30.3. The molecule has 2 fully saturated rings. The molecule has 2 atom stereocenters. The highest BCUT2D eigenvalue weighted by atomic mass is 16.6. The molecule has 12 nitrogen and oxygen atoms in total. The van der Waals surface area contributed by atoms with Gasteiger partial charge in [-0.25, -0.2) is 9.59 Å². The lowest BCUT2D eigenvalue weighted by molar-refractivity contribution is -0.185. The highest BCUT2D eigenvalue weighted by molar-refractivity contribution is 6.29. The first-order valence-corrected chi connectivity index (χ1v) is 19.5. The number of carbonyl (C=O) groups excluding carboxylic acids is 2. The van der Waals surface area contributed by atoms with Crippen LogP contribution < -0.4 is 9.47 Å². The third kappa shape index (κ3) is 11.4. The molecule has 0 aliphatic heterocycles. The number of hydrogen-bond donors (Lipinski definition) is 0. The number of rotatable bonds is 20. The van der Waals surface area contributed by atoms with E-state index in [1.165, 1.54) is 64.2 Å². The summed E-state index contributed by atoms with van der Waals surface area (Å²) in [7, 11) is 0. The first kappa shape index (κ1) is 39.7. The summed E-state index contributed by atoms with van der Waals surface area (Å²) in [5, 5.41) is 9.46. The van der Waals surface area contributed by atoms with Gasteiger partial charge in [-0.15, -0.1) is 10.2 Å². The predicted molar refractivity (Wildman–Crippen MR) is 193 cm³/mol. The molecule has 0 saturated heterocycles. The average molecular weight is 701 g/mol. The lowest BCUT2D eigenvalue weighted by Crippen LogP contribution is -2.43. The average Bonchev–Trinajstić information content (AvgIpc) is 3.70. The second-order valence-electron chi connectivity index (χ2n) is 13.9. The molecule has 0 spiro atoms. The first-order valence-electron chi connectivity index (χ1n) is 19.5. The minimum atomic E-state index is -0.971. The Morgan fingerprint density at radius 1 is 0.660 bits per heavy atom. The maximum atomic E-state index is 13.1. The van der Waals surface area contributed by atoms with Crippen LogP contribution in [0.1, 0.15) is 141 Å². The fraction of sp³-hybridized carbons (Fsp3) is 0.789. The molecule has 2 aromatic rings. The molecule has 2 aliphatic rings. The van der Waals surface area contributed by atoms with E-state index in [1.54, 1.807) is 0 Å². The molecule has 12 heteroatoms. The summed E-state index contributed by atoms with van der Waals surface area (Å²) in [5.74, 6) is -0.682. The third-order valence-electron chi connectivity index (χ3n) is 10.4. The van der Waals surface area contributed by atoms with Gasteiger partial charge in [0.25, 0.3) is 0 Å². The standard InChI is InChI=1S/C38H64N6O6/c1-7-41(8-2)35(23-17-25-47-33-27-29(5)43(39-33)31-19-13-11-14-20-31)49-37(45)38(46)50-36(42(9-3)10-4)24-18-26-48-34-28-30(6)44(40-34)32-21-15-12-16-22-32/h27-28,31-32,35-36H,7-26H2,1-6H3. The molecule has 2 aromatic heterocycles. The van der Waals surface area contributed by atoms with E-state index < -0.39 is 24.4 Å². The van der Waals surface area contributed by atoms with Gasteiger partial charge in [0.1, 0.15) is 0 Å². The molecule has 0 N–H and O–H groups in total. The van der Waals surface area contributed by atoms with Gasteiger partial charge in [-0.3, -0.25) is 19.2 Å². The molecular weight excluding hydrogens is 636 g/mol. The van der Waals surface area contributed by atoms with E-state index in [1.807, 2.05) is 49.6 Å². The summed E-state index contributed by atoms with van der Waals surface area (Å²) in [6, 6.07) is 4.90. The van der Waals surface area contributed by atoms with Crippen LogP contribution in [0.25, 0.3) is 0 Å². The van der Waals surface area contributed by atoms with E-state index in [9.17, 15) is 9.59 Å². The van der Waals surface area contributed by atoms with Gasteiger partial charge in [0, 0.05) is 36.4 Å². The minimum Gasteiger partial charge on any atom is -0.477 e. The molecule has 0 amide bonds. The third-order valence-corrected chi connectivity index (χ3v) is 10.4. The maximum absolute atomic E-state index is 13.1. The molecule has 2 heterocycles. The number of aryl methyl sites for hydroxylation is 2. The van der Waals surface area contributed by atoms with Crippen molar-refractivity contribution in [3.05, 3.63) is 23.5 Å². The zero-order valence-corrected chi connectivity index (χ0v) is 31.7. The van der Waals surface area contributed by atoms with Crippen LogP contribution in [0.4, 0.5) is 0 Å². The molecular formula is C38H64N6O6. The highest BCUT2D eigenvalue weighted by Crippen LogP contribution is 2.31. The summed E-state index contributed by atoms with van der Waals surface area (Å²) in [6.07, 6.45) is 13.5. The van der Waals surface area contributed by atoms with Crippen LogP contribution in [0.2, 0.25) is 0 Å². The van der Waals surface area contributed by atoms with Crippen molar-refractivity contribution < 1.29 is 28.5 Å². The molecule has 4 rings (SSSR count). The molecule has 2 saturated carbocycles. The summed E-state index contributed by atoms with van der Waals surface area (Å²) < 4.78 is 27.9. The maximum Gasteiger partial charge on any atom is 0.419 e. The first-order chi connectivity index (χ1) is 24.3. The largest absolute Gasteiger partial charge is 0.477 e. The van der Waals surface area contributed by atoms with Crippen LogP contribution in [0.3, 0.4) is 0 Å². The Kier molecular flexibility index (Phi) is 16.4. The van der Waals surface area contributed by atoms with Crippen molar-refractivity contribution in [1.29, 1.82) is 0 Å². The van der Waals surface area contributed by atoms with Gasteiger partial charge < -0.3 is 18.9 Å². The molecule has 282 valence electrons. The Labute approximate surface area is 300 Å². The van der Waals surface area contributed by atoms with Crippen molar-refractivity contribution >= 4 is 11.9 Å². The monoisotopic (exact) mass is 700 g/mol. The number of hydrogen-bond acceptors (Lipinski definition) is 10. The van der Waals surface area contributed by atoms with Crippen LogP contribution in [0.15, 0.2) is 12.1 Å². The van der Waals surface area contributed by atoms with E-state index in [4.69, 9.17) is 29.1 Å². The Bertz CT molecular complexity index is 1190. The number of ether oxygens (including phenoxy) is 4. The van der Waals surface area contributed by atoms with Crippen molar-refractivity contribution in [2.45, 2.75) is 156 Å². The van der Waals surface area contributed by atoms with Gasteiger partial charge in [-0.2, -0.15) is 0 Å². The lowest BCUT2D eigenvalue weighted by Gasteiger charge is -2.30. The Hall–Kier alpha value is -3.12. The van der Waals surface area contributed by atoms with Gasteiger partial charge in [0.2, 0.25) is 11.8 Å². The van der Waals surface area contributed by atoms with Gasteiger partial charge in [0.05, 0.1) is 25.3 Å². The quantitative estimate of drug-likeness (QED) is 0.0611. The number of esters is 2. The number of carbonyl (C=O) groups is 2. The highest BCUT2D eigenvalue weighted by Gasteiger charge is 2.30. The van der Waals surface area contributed by atoms with Crippen molar-refractivity contribution in [3.8, 4) is 11.8 Å². The van der Waals surface area contributed by atoms with Crippen molar-refractivity contribution in [2.24, 2.45) is 0 Å². The van der Waals surface area contributed by atoms with Gasteiger partial charge in [-0.05, 0) is 78.6 Å². The van der Waals surface area contributed by atoms with Gasteiger partial charge in [-0.1, -0.05) is 66.2 Å².